The summed E-state index contributed by atoms with van der Waals surface area (Å²) in [5.41, 5.74) is 0.518. The highest BCUT2D eigenvalue weighted by atomic mass is 32.2. The molecule has 0 saturated heterocycles. The van der Waals surface area contributed by atoms with Gasteiger partial charge in [0, 0.05) is 5.69 Å². The second kappa shape index (κ2) is 5.11. The van der Waals surface area contributed by atoms with Gasteiger partial charge < -0.3 is 4.74 Å². The summed E-state index contributed by atoms with van der Waals surface area (Å²) in [6.45, 7) is 0. The molecule has 0 unspecified atom stereocenters. The Bertz CT molecular complexity index is 680. The number of ether oxygens (including phenoxy) is 1. The van der Waals surface area contributed by atoms with Crippen LogP contribution in [0.3, 0.4) is 0 Å². The lowest BCUT2D eigenvalue weighted by Gasteiger charge is -2.07. The molecule has 19 heavy (non-hydrogen) atoms. The molecule has 100 valence electrons. The summed E-state index contributed by atoms with van der Waals surface area (Å²) in [4.78, 5) is 11.3. The Labute approximate surface area is 109 Å². The Morgan fingerprint density at radius 3 is 2.79 bits per heavy atom. The van der Waals surface area contributed by atoms with E-state index in [1.165, 1.54) is 37.6 Å². The number of aromatic nitrogens is 2. The third kappa shape index (κ3) is 2.91. The van der Waals surface area contributed by atoms with Crippen LogP contribution in [-0.4, -0.2) is 31.7 Å². The zero-order chi connectivity index (χ0) is 13.9. The van der Waals surface area contributed by atoms with Crippen molar-refractivity contribution in [3.8, 4) is 0 Å². The Hall–Kier alpha value is -2.35. The van der Waals surface area contributed by atoms with Crippen LogP contribution in [0.4, 0.5) is 5.69 Å². The van der Waals surface area contributed by atoms with Crippen molar-refractivity contribution in [3.05, 3.63) is 42.1 Å². The second-order valence-electron chi connectivity index (χ2n) is 3.60. The Balaban J connectivity index is 2.27. The quantitative estimate of drug-likeness (QED) is 0.814. The minimum atomic E-state index is -3.74. The first kappa shape index (κ1) is 13.1. The Kier molecular flexibility index (Phi) is 3.52. The highest BCUT2D eigenvalue weighted by Gasteiger charge is 2.16. The smallest absolute Gasteiger partial charge is 0.337 e. The van der Waals surface area contributed by atoms with Crippen LogP contribution in [0, 0.1) is 0 Å². The van der Waals surface area contributed by atoms with Crippen molar-refractivity contribution in [2.45, 2.75) is 5.03 Å². The van der Waals surface area contributed by atoms with Gasteiger partial charge in [0.25, 0.3) is 10.0 Å². The van der Waals surface area contributed by atoms with E-state index in [1.807, 2.05) is 0 Å². The topological polar surface area (TPSA) is 101 Å². The van der Waals surface area contributed by atoms with E-state index >= 15 is 0 Å². The average molecular weight is 281 g/mol. The highest BCUT2D eigenvalue weighted by Crippen LogP contribution is 2.16. The number of nitrogens with zero attached hydrogens (tertiary/aromatic N) is 1. The Morgan fingerprint density at radius 2 is 2.16 bits per heavy atom. The summed E-state index contributed by atoms with van der Waals surface area (Å²) in [5, 5.41) is 5.87. The molecular formula is C11H11N3O4S. The largest absolute Gasteiger partial charge is 0.465 e. The molecule has 0 bridgehead atoms. The van der Waals surface area contributed by atoms with Crippen LogP contribution >= 0.6 is 0 Å². The first-order valence-corrected chi connectivity index (χ1v) is 6.72. The van der Waals surface area contributed by atoms with Gasteiger partial charge in [0.1, 0.15) is 0 Å². The van der Waals surface area contributed by atoms with Gasteiger partial charge in [-0.2, -0.15) is 13.5 Å². The number of sulfonamides is 1. The third-order valence-corrected chi connectivity index (χ3v) is 3.61. The molecule has 0 spiro atoms. The number of carbonyl (C=O) groups is 1. The predicted octanol–water partition coefficient (Wildman–Crippen LogP) is 0.997. The van der Waals surface area contributed by atoms with Gasteiger partial charge in [-0.25, -0.2) is 4.79 Å². The van der Waals surface area contributed by atoms with Crippen LogP contribution in [0.1, 0.15) is 10.4 Å². The summed E-state index contributed by atoms with van der Waals surface area (Å²) in [7, 11) is -2.49. The molecule has 7 nitrogen and oxygen atoms in total. The predicted molar refractivity (Wildman–Crippen MR) is 67.2 cm³/mol. The monoisotopic (exact) mass is 281 g/mol. The zero-order valence-corrected chi connectivity index (χ0v) is 10.8. The molecule has 0 aliphatic carbocycles. The van der Waals surface area contributed by atoms with Crippen molar-refractivity contribution in [3.63, 3.8) is 0 Å². The van der Waals surface area contributed by atoms with E-state index < -0.39 is 16.0 Å². The lowest BCUT2D eigenvalue weighted by Crippen LogP contribution is -2.14. The maximum atomic E-state index is 11.9. The van der Waals surface area contributed by atoms with Gasteiger partial charge in [-0.1, -0.05) is 6.07 Å². The van der Waals surface area contributed by atoms with Crippen molar-refractivity contribution in [1.82, 2.24) is 10.2 Å². The summed E-state index contributed by atoms with van der Waals surface area (Å²) in [6, 6.07) is 7.32. The number of nitrogens with one attached hydrogen (secondary N) is 2. The number of hydrogen-bond donors (Lipinski definition) is 2. The van der Waals surface area contributed by atoms with Crippen molar-refractivity contribution < 1.29 is 17.9 Å². The number of anilines is 1. The van der Waals surface area contributed by atoms with Crippen LogP contribution in [0.2, 0.25) is 0 Å². The lowest BCUT2D eigenvalue weighted by atomic mass is 10.2. The molecule has 0 fully saturated rings. The third-order valence-electron chi connectivity index (χ3n) is 2.30. The van der Waals surface area contributed by atoms with Crippen LogP contribution in [-0.2, 0) is 14.8 Å². The molecule has 2 N–H and O–H groups in total. The summed E-state index contributed by atoms with van der Waals surface area (Å²) in [5.74, 6) is -0.539. The summed E-state index contributed by atoms with van der Waals surface area (Å²) in [6.07, 6.45) is 1.33. The van der Waals surface area contributed by atoms with Gasteiger partial charge in [0.2, 0.25) is 0 Å². The maximum Gasteiger partial charge on any atom is 0.337 e. The fourth-order valence-electron chi connectivity index (χ4n) is 1.43. The van der Waals surface area contributed by atoms with Gasteiger partial charge in [0.15, 0.2) is 5.03 Å². The van der Waals surface area contributed by atoms with Gasteiger partial charge >= 0.3 is 5.97 Å². The highest BCUT2D eigenvalue weighted by molar-refractivity contribution is 7.92. The van der Waals surface area contributed by atoms with Gasteiger partial charge in [-0.05, 0) is 24.3 Å². The number of H-pyrrole nitrogens is 1. The standard InChI is InChI=1S/C11H11N3O4S/c1-18-11(15)8-3-2-4-9(7-8)14-19(16,17)10-5-6-12-13-10/h2-7,14H,1H3,(H,12,13). The fourth-order valence-corrected chi connectivity index (χ4v) is 2.39. The molecule has 0 aliphatic heterocycles. The summed E-state index contributed by atoms with van der Waals surface area (Å²) < 4.78 is 30.7. The van der Waals surface area contributed by atoms with E-state index in [4.69, 9.17) is 0 Å². The number of carbonyl (C=O) groups excluding carboxylic acids is 1. The molecule has 2 aromatic rings. The van der Waals surface area contributed by atoms with Gasteiger partial charge in [-0.3, -0.25) is 9.82 Å². The maximum absolute atomic E-state index is 11.9. The van der Waals surface area contributed by atoms with Crippen molar-refractivity contribution in [2.24, 2.45) is 0 Å². The SMILES string of the molecule is COC(=O)c1cccc(NS(=O)(=O)c2ccn[nH]2)c1. The van der Waals surface area contributed by atoms with Crippen molar-refractivity contribution >= 4 is 21.7 Å². The van der Waals surface area contributed by atoms with Crippen LogP contribution in [0.5, 0.6) is 0 Å². The lowest BCUT2D eigenvalue weighted by molar-refractivity contribution is 0.0601. The number of hydrogen-bond acceptors (Lipinski definition) is 5. The average Bonchev–Trinajstić information content (AvgIpc) is 2.92. The van der Waals surface area contributed by atoms with Gasteiger partial charge in [-0.15, -0.1) is 0 Å². The minimum absolute atomic E-state index is 0.0593. The Morgan fingerprint density at radius 1 is 1.37 bits per heavy atom. The number of rotatable bonds is 4. The molecular weight excluding hydrogens is 270 g/mol. The normalized spacial score (nSPS) is 11.0. The molecule has 0 atom stereocenters. The van der Waals surface area contributed by atoms with E-state index in [-0.39, 0.29) is 16.3 Å². The van der Waals surface area contributed by atoms with Gasteiger partial charge in [0.05, 0.1) is 18.9 Å². The van der Waals surface area contributed by atoms with E-state index in [2.05, 4.69) is 19.7 Å². The molecule has 1 aromatic carbocycles. The zero-order valence-electron chi connectivity index (χ0n) is 9.95. The van der Waals surface area contributed by atoms with E-state index in [9.17, 15) is 13.2 Å². The molecule has 0 radical (unpaired) electrons. The van der Waals surface area contributed by atoms with Crippen LogP contribution < -0.4 is 4.72 Å². The molecule has 0 amide bonds. The van der Waals surface area contributed by atoms with Crippen molar-refractivity contribution in [2.75, 3.05) is 11.8 Å². The molecule has 1 aromatic heterocycles. The molecule has 8 heteroatoms. The van der Waals surface area contributed by atoms with E-state index in [0.717, 1.165) is 0 Å². The summed E-state index contributed by atoms with van der Waals surface area (Å²) >= 11 is 0. The molecule has 2 rings (SSSR count). The van der Waals surface area contributed by atoms with Crippen LogP contribution in [0.25, 0.3) is 0 Å². The fraction of sp³-hybridized carbons (Fsp3) is 0.0909. The number of aromatic amines is 1. The van der Waals surface area contributed by atoms with E-state index in [1.54, 1.807) is 6.07 Å². The van der Waals surface area contributed by atoms with Crippen molar-refractivity contribution in [1.29, 1.82) is 0 Å². The van der Waals surface area contributed by atoms with Crippen LogP contribution in [0.15, 0.2) is 41.6 Å². The first-order valence-electron chi connectivity index (χ1n) is 5.23. The number of methoxy groups -OCH3 is 1. The molecule has 0 aliphatic rings. The number of benzene rings is 1. The minimum Gasteiger partial charge on any atom is -0.465 e. The molecule has 1 heterocycles. The first-order chi connectivity index (χ1) is 9.03. The molecule has 0 saturated carbocycles. The second-order valence-corrected chi connectivity index (χ2v) is 5.25. The number of esters is 1. The van der Waals surface area contributed by atoms with E-state index in [0.29, 0.717) is 0 Å².